The summed E-state index contributed by atoms with van der Waals surface area (Å²) in [5.41, 5.74) is 1.10. The Morgan fingerprint density at radius 1 is 1.25 bits per heavy atom. The van der Waals surface area contributed by atoms with Crippen molar-refractivity contribution < 1.29 is 19.4 Å². The van der Waals surface area contributed by atoms with Gasteiger partial charge in [0.15, 0.2) is 0 Å². The largest absolute Gasteiger partial charge is 0.508 e. The molecule has 0 saturated carbocycles. The number of phenolic OH excluding ortho intramolecular Hbond substituents is 1. The van der Waals surface area contributed by atoms with Crippen LogP contribution in [0.3, 0.4) is 0 Å². The highest BCUT2D eigenvalue weighted by molar-refractivity contribution is 5.87. The van der Waals surface area contributed by atoms with Crippen molar-refractivity contribution >= 4 is 5.97 Å². The van der Waals surface area contributed by atoms with E-state index in [1.165, 1.54) is 12.3 Å². The first kappa shape index (κ1) is 10.3. The second-order valence-electron chi connectivity index (χ2n) is 3.45. The van der Waals surface area contributed by atoms with Gasteiger partial charge in [-0.3, -0.25) is 0 Å². The molecule has 4 heteroatoms. The maximum Gasteiger partial charge on any atom is 0.338 e. The van der Waals surface area contributed by atoms with Gasteiger partial charge in [-0.05, 0) is 23.8 Å². The van der Waals surface area contributed by atoms with Gasteiger partial charge in [0, 0.05) is 6.42 Å². The van der Waals surface area contributed by atoms with E-state index in [-0.39, 0.29) is 11.3 Å². The average Bonchev–Trinajstić information content (AvgIpc) is 2.70. The minimum absolute atomic E-state index is 0.147. The lowest BCUT2D eigenvalue weighted by Gasteiger charge is -1.97. The molecule has 0 atom stereocenters. The highest BCUT2D eigenvalue weighted by Crippen LogP contribution is 2.15. The monoisotopic (exact) mass is 218 g/mol. The molecule has 2 N–H and O–H groups in total. The van der Waals surface area contributed by atoms with Gasteiger partial charge >= 0.3 is 5.97 Å². The normalized spacial score (nSPS) is 10.2. The van der Waals surface area contributed by atoms with Crippen molar-refractivity contribution in [1.29, 1.82) is 0 Å². The summed E-state index contributed by atoms with van der Waals surface area (Å²) in [7, 11) is 0. The summed E-state index contributed by atoms with van der Waals surface area (Å²) in [6, 6.07) is 8.18. The minimum atomic E-state index is -0.999. The summed E-state index contributed by atoms with van der Waals surface area (Å²) >= 11 is 0. The fourth-order valence-corrected chi connectivity index (χ4v) is 1.40. The van der Waals surface area contributed by atoms with Crippen LogP contribution in [-0.2, 0) is 6.42 Å². The van der Waals surface area contributed by atoms with Crippen molar-refractivity contribution in [3.8, 4) is 5.75 Å². The molecule has 82 valence electrons. The second-order valence-corrected chi connectivity index (χ2v) is 3.45. The SMILES string of the molecule is O=C(O)c1coc(Cc2ccc(O)cc2)c1. The summed E-state index contributed by atoms with van der Waals surface area (Å²) in [5.74, 6) is -0.210. The van der Waals surface area contributed by atoms with E-state index in [0.29, 0.717) is 12.2 Å². The molecule has 0 amide bonds. The second kappa shape index (κ2) is 4.10. The third-order valence-corrected chi connectivity index (χ3v) is 2.22. The van der Waals surface area contributed by atoms with Gasteiger partial charge in [-0.25, -0.2) is 4.79 Å². The summed E-state index contributed by atoms with van der Waals surface area (Å²) in [6.45, 7) is 0. The van der Waals surface area contributed by atoms with Crippen LogP contribution in [0.25, 0.3) is 0 Å². The Bertz CT molecular complexity index is 496. The summed E-state index contributed by atoms with van der Waals surface area (Å²) in [6.07, 6.45) is 1.73. The van der Waals surface area contributed by atoms with E-state index < -0.39 is 5.97 Å². The van der Waals surface area contributed by atoms with Crippen LogP contribution in [0.1, 0.15) is 21.7 Å². The zero-order chi connectivity index (χ0) is 11.5. The van der Waals surface area contributed by atoms with Gasteiger partial charge in [0.1, 0.15) is 17.8 Å². The molecule has 0 bridgehead atoms. The van der Waals surface area contributed by atoms with E-state index in [4.69, 9.17) is 14.6 Å². The molecule has 0 spiro atoms. The number of hydrogen-bond donors (Lipinski definition) is 2. The summed E-state index contributed by atoms with van der Waals surface area (Å²) < 4.78 is 5.12. The van der Waals surface area contributed by atoms with E-state index in [2.05, 4.69) is 0 Å². The first-order valence-electron chi connectivity index (χ1n) is 4.74. The molecular weight excluding hydrogens is 208 g/mol. The van der Waals surface area contributed by atoms with Crippen LogP contribution in [0.5, 0.6) is 5.75 Å². The molecule has 1 heterocycles. The highest BCUT2D eigenvalue weighted by Gasteiger charge is 2.08. The lowest BCUT2D eigenvalue weighted by molar-refractivity contribution is 0.0696. The number of aromatic hydroxyl groups is 1. The molecule has 1 aromatic carbocycles. The smallest absolute Gasteiger partial charge is 0.338 e. The van der Waals surface area contributed by atoms with E-state index in [9.17, 15) is 4.79 Å². The molecule has 0 radical (unpaired) electrons. The van der Waals surface area contributed by atoms with Gasteiger partial charge in [0.05, 0.1) is 5.56 Å². The van der Waals surface area contributed by atoms with Crippen molar-refractivity contribution in [2.24, 2.45) is 0 Å². The molecule has 0 aliphatic carbocycles. The van der Waals surface area contributed by atoms with E-state index >= 15 is 0 Å². The van der Waals surface area contributed by atoms with Crippen LogP contribution in [0.15, 0.2) is 41.0 Å². The molecule has 1 aromatic heterocycles. The number of phenols is 1. The minimum Gasteiger partial charge on any atom is -0.508 e. The Hall–Kier alpha value is -2.23. The molecule has 0 unspecified atom stereocenters. The number of benzene rings is 1. The number of carboxylic acid groups (broad SMARTS) is 1. The van der Waals surface area contributed by atoms with Gasteiger partial charge in [-0.2, -0.15) is 0 Å². The van der Waals surface area contributed by atoms with Crippen molar-refractivity contribution in [2.75, 3.05) is 0 Å². The molecular formula is C12H10O4. The standard InChI is InChI=1S/C12H10O4/c13-10-3-1-8(2-4-10)5-11-6-9(7-16-11)12(14)15/h1-4,6-7,13H,5H2,(H,14,15). The Morgan fingerprint density at radius 3 is 2.50 bits per heavy atom. The maximum absolute atomic E-state index is 10.6. The lowest BCUT2D eigenvalue weighted by Crippen LogP contribution is -1.92. The van der Waals surface area contributed by atoms with Crippen molar-refractivity contribution in [3.63, 3.8) is 0 Å². The number of hydrogen-bond acceptors (Lipinski definition) is 3. The number of carboxylic acids is 1. The molecule has 4 nitrogen and oxygen atoms in total. The summed E-state index contributed by atoms with van der Waals surface area (Å²) in [4.78, 5) is 10.6. The number of carbonyl (C=O) groups is 1. The molecule has 2 aromatic rings. The van der Waals surface area contributed by atoms with Crippen LogP contribution in [0, 0.1) is 0 Å². The maximum atomic E-state index is 10.6. The van der Waals surface area contributed by atoms with Gasteiger partial charge in [0.25, 0.3) is 0 Å². The van der Waals surface area contributed by atoms with E-state index in [1.54, 1.807) is 24.3 Å². The van der Waals surface area contributed by atoms with Crippen LogP contribution in [-0.4, -0.2) is 16.2 Å². The quantitative estimate of drug-likeness (QED) is 0.829. The third kappa shape index (κ3) is 2.23. The van der Waals surface area contributed by atoms with Crippen LogP contribution in [0.2, 0.25) is 0 Å². The van der Waals surface area contributed by atoms with Gasteiger partial charge < -0.3 is 14.6 Å². The molecule has 16 heavy (non-hydrogen) atoms. The van der Waals surface area contributed by atoms with Crippen molar-refractivity contribution in [3.05, 3.63) is 53.5 Å². The third-order valence-electron chi connectivity index (χ3n) is 2.22. The van der Waals surface area contributed by atoms with Gasteiger partial charge in [-0.1, -0.05) is 12.1 Å². The number of furan rings is 1. The van der Waals surface area contributed by atoms with Crippen LogP contribution in [0.4, 0.5) is 0 Å². The molecule has 0 aliphatic rings. The lowest BCUT2D eigenvalue weighted by atomic mass is 10.1. The topological polar surface area (TPSA) is 70.7 Å². The zero-order valence-electron chi connectivity index (χ0n) is 8.38. The number of rotatable bonds is 3. The first-order valence-corrected chi connectivity index (χ1v) is 4.74. The van der Waals surface area contributed by atoms with Crippen molar-refractivity contribution in [1.82, 2.24) is 0 Å². The average molecular weight is 218 g/mol. The Labute approximate surface area is 91.8 Å². The van der Waals surface area contributed by atoms with Crippen LogP contribution >= 0.6 is 0 Å². The van der Waals surface area contributed by atoms with Gasteiger partial charge in [0.2, 0.25) is 0 Å². The Morgan fingerprint density at radius 2 is 1.94 bits per heavy atom. The van der Waals surface area contributed by atoms with E-state index in [1.807, 2.05) is 0 Å². The molecule has 2 rings (SSSR count). The number of aromatic carboxylic acids is 1. The van der Waals surface area contributed by atoms with Gasteiger partial charge in [-0.15, -0.1) is 0 Å². The summed E-state index contributed by atoms with van der Waals surface area (Å²) in [5, 5.41) is 17.8. The highest BCUT2D eigenvalue weighted by atomic mass is 16.4. The first-order chi connectivity index (χ1) is 7.65. The Balaban J connectivity index is 2.14. The zero-order valence-corrected chi connectivity index (χ0v) is 8.38. The fraction of sp³-hybridized carbons (Fsp3) is 0.0833. The van der Waals surface area contributed by atoms with E-state index in [0.717, 1.165) is 5.56 Å². The molecule has 0 fully saturated rings. The van der Waals surface area contributed by atoms with Crippen molar-refractivity contribution in [2.45, 2.75) is 6.42 Å². The van der Waals surface area contributed by atoms with Crippen LogP contribution < -0.4 is 0 Å². The fourth-order valence-electron chi connectivity index (χ4n) is 1.40. The molecule has 0 aliphatic heterocycles. The predicted octanol–water partition coefficient (Wildman–Crippen LogP) is 2.27. The Kier molecular flexibility index (Phi) is 2.64. The predicted molar refractivity (Wildman–Crippen MR) is 56.6 cm³/mol. The molecule has 0 saturated heterocycles.